The van der Waals surface area contributed by atoms with Crippen molar-refractivity contribution in [2.45, 2.75) is 18.6 Å². The lowest BCUT2D eigenvalue weighted by atomic mass is 10.1. The molecule has 1 fully saturated rings. The molecule has 30 heavy (non-hydrogen) atoms. The quantitative estimate of drug-likeness (QED) is 0.640. The number of nitrogens with one attached hydrogen (secondary N) is 1. The minimum Gasteiger partial charge on any atom is -0.389 e. The second-order valence-electron chi connectivity index (χ2n) is 6.82. The third kappa shape index (κ3) is 4.13. The van der Waals surface area contributed by atoms with E-state index in [1.54, 1.807) is 24.3 Å². The van der Waals surface area contributed by atoms with Gasteiger partial charge in [-0.3, -0.25) is 14.3 Å². The second kappa shape index (κ2) is 8.39. The molecule has 10 heteroatoms. The van der Waals surface area contributed by atoms with E-state index in [0.717, 1.165) is 15.6 Å². The number of hydrogen-bond acceptors (Lipinski definition) is 6. The van der Waals surface area contributed by atoms with Crippen molar-refractivity contribution in [3.8, 4) is 16.9 Å². The Morgan fingerprint density at radius 1 is 1.40 bits per heavy atom. The maximum Gasteiger partial charge on any atom is 0.284 e. The number of nitrogens with zero attached hydrogens (tertiary/aromatic N) is 4. The number of aryl methyl sites for hydroxylation is 1. The van der Waals surface area contributed by atoms with E-state index in [4.69, 9.17) is 20.5 Å². The van der Waals surface area contributed by atoms with Crippen LogP contribution in [0.15, 0.2) is 47.5 Å². The Morgan fingerprint density at radius 3 is 2.90 bits per heavy atom. The first-order valence-electron chi connectivity index (χ1n) is 10.7. The van der Waals surface area contributed by atoms with Gasteiger partial charge in [-0.05, 0) is 24.6 Å². The van der Waals surface area contributed by atoms with Crippen LogP contribution in [0.4, 0.5) is 0 Å². The summed E-state index contributed by atoms with van der Waals surface area (Å²) < 4.78 is 29.3. The number of aliphatic hydroxyl groups excluding tert-OH is 1. The highest BCUT2D eigenvalue weighted by molar-refractivity contribution is 6.30. The highest BCUT2D eigenvalue weighted by Gasteiger charge is 2.27. The van der Waals surface area contributed by atoms with Gasteiger partial charge < -0.3 is 15.2 Å². The van der Waals surface area contributed by atoms with Crippen LogP contribution in [0, 0.1) is 0 Å². The standard InChI is InChI=1S/C20H20ClN5O4/c1-25-10-14(9-22-25)26-20(29)15(19(28)23-16-6-7-30-11-18(16)27)8-17(24-26)12-2-4-13(21)5-3-12/h2-5,8-10,16,18,27H,6-7,11H2,1H3,(H,23,28)/t16-,18-/m1/s1/i1D3. The summed E-state index contributed by atoms with van der Waals surface area (Å²) >= 11 is 5.96. The highest BCUT2D eigenvalue weighted by Crippen LogP contribution is 2.20. The van der Waals surface area contributed by atoms with Gasteiger partial charge in [-0.25, -0.2) is 0 Å². The third-order valence-electron chi connectivity index (χ3n) is 4.75. The average molecular weight is 433 g/mol. The van der Waals surface area contributed by atoms with E-state index >= 15 is 0 Å². The number of carbonyl (C=O) groups is 1. The van der Waals surface area contributed by atoms with Crippen molar-refractivity contribution in [3.63, 3.8) is 0 Å². The number of aromatic nitrogens is 4. The van der Waals surface area contributed by atoms with Gasteiger partial charge in [0.1, 0.15) is 11.3 Å². The molecular weight excluding hydrogens is 410 g/mol. The molecule has 0 unspecified atom stereocenters. The molecule has 4 rings (SSSR count). The van der Waals surface area contributed by atoms with Gasteiger partial charge in [0.05, 0.1) is 36.8 Å². The fraction of sp³-hybridized carbons (Fsp3) is 0.300. The summed E-state index contributed by atoms with van der Waals surface area (Å²) in [6.07, 6.45) is 1.81. The van der Waals surface area contributed by atoms with Crippen LogP contribution in [0.3, 0.4) is 0 Å². The van der Waals surface area contributed by atoms with Crippen LogP contribution in [-0.4, -0.2) is 55.9 Å². The van der Waals surface area contributed by atoms with Crippen molar-refractivity contribution in [1.29, 1.82) is 0 Å². The minimum atomic E-state index is -2.55. The molecule has 1 aromatic carbocycles. The molecule has 9 nitrogen and oxygen atoms in total. The van der Waals surface area contributed by atoms with Crippen LogP contribution in [-0.2, 0) is 11.7 Å². The Hall–Kier alpha value is -3.01. The smallest absolute Gasteiger partial charge is 0.284 e. The second-order valence-corrected chi connectivity index (χ2v) is 7.26. The molecule has 1 amide bonds. The predicted octanol–water partition coefficient (Wildman–Crippen LogP) is 1.17. The molecule has 0 aliphatic carbocycles. The Labute approximate surface area is 181 Å². The van der Waals surface area contributed by atoms with Crippen LogP contribution >= 0.6 is 11.6 Å². The number of ether oxygens (including phenoxy) is 1. The van der Waals surface area contributed by atoms with E-state index < -0.39 is 30.6 Å². The van der Waals surface area contributed by atoms with Crippen molar-refractivity contribution < 1.29 is 18.8 Å². The number of hydrogen-bond donors (Lipinski definition) is 2. The lowest BCUT2D eigenvalue weighted by Crippen LogP contribution is -2.49. The molecule has 1 aliphatic rings. The Bertz CT molecular complexity index is 1230. The maximum atomic E-state index is 13.2. The van der Waals surface area contributed by atoms with E-state index in [0.29, 0.717) is 23.6 Å². The van der Waals surface area contributed by atoms with Crippen molar-refractivity contribution in [3.05, 3.63) is 63.7 Å². The minimum absolute atomic E-state index is 0.0760. The van der Waals surface area contributed by atoms with Gasteiger partial charge in [0.2, 0.25) is 0 Å². The molecule has 0 saturated carbocycles. The fourth-order valence-corrected chi connectivity index (χ4v) is 3.28. The Balaban J connectivity index is 1.79. The van der Waals surface area contributed by atoms with Crippen LogP contribution < -0.4 is 10.9 Å². The summed E-state index contributed by atoms with van der Waals surface area (Å²) in [6, 6.07) is 7.39. The lowest BCUT2D eigenvalue weighted by Gasteiger charge is -2.28. The zero-order chi connectivity index (χ0) is 23.8. The van der Waals surface area contributed by atoms with Crippen molar-refractivity contribution >= 4 is 17.5 Å². The van der Waals surface area contributed by atoms with E-state index in [9.17, 15) is 14.7 Å². The van der Waals surface area contributed by atoms with Gasteiger partial charge in [0.25, 0.3) is 11.5 Å². The molecule has 2 aromatic heterocycles. The van der Waals surface area contributed by atoms with Gasteiger partial charge in [0.15, 0.2) is 0 Å². The molecule has 1 aliphatic heterocycles. The van der Waals surface area contributed by atoms with Crippen molar-refractivity contribution in [2.24, 2.45) is 6.98 Å². The Morgan fingerprint density at radius 2 is 2.20 bits per heavy atom. The number of halogens is 1. The van der Waals surface area contributed by atoms with E-state index in [2.05, 4.69) is 15.5 Å². The molecular formula is C20H20ClN5O4. The molecule has 3 aromatic rings. The maximum absolute atomic E-state index is 13.2. The average Bonchev–Trinajstić information content (AvgIpc) is 3.27. The summed E-state index contributed by atoms with van der Waals surface area (Å²) in [7, 11) is 0. The predicted molar refractivity (Wildman–Crippen MR) is 110 cm³/mol. The SMILES string of the molecule is [2H]C([2H])([2H])n1cc(-n2nc(-c3ccc(Cl)cc3)cc(C(=O)N[C@@H]3CCOC[C@H]3O)c2=O)cn1. The summed E-state index contributed by atoms with van der Waals surface area (Å²) in [5, 5.41) is 21.4. The van der Waals surface area contributed by atoms with Crippen LogP contribution in [0.1, 0.15) is 20.9 Å². The van der Waals surface area contributed by atoms with Gasteiger partial charge in [-0.15, -0.1) is 0 Å². The lowest BCUT2D eigenvalue weighted by molar-refractivity contribution is -0.0261. The molecule has 0 spiro atoms. The molecule has 2 N–H and O–H groups in total. The monoisotopic (exact) mass is 432 g/mol. The van der Waals surface area contributed by atoms with E-state index in [-0.39, 0.29) is 23.6 Å². The number of amides is 1. The van der Waals surface area contributed by atoms with Crippen LogP contribution in [0.25, 0.3) is 16.9 Å². The molecule has 0 bridgehead atoms. The largest absolute Gasteiger partial charge is 0.389 e. The topological polar surface area (TPSA) is 111 Å². The van der Waals surface area contributed by atoms with Gasteiger partial charge in [-0.1, -0.05) is 23.7 Å². The van der Waals surface area contributed by atoms with Gasteiger partial charge in [-0.2, -0.15) is 14.9 Å². The van der Waals surface area contributed by atoms with Gasteiger partial charge >= 0.3 is 0 Å². The number of carbonyl (C=O) groups excluding carboxylic acids is 1. The molecule has 3 heterocycles. The van der Waals surface area contributed by atoms with Gasteiger partial charge in [0, 0.05) is 28.3 Å². The van der Waals surface area contributed by atoms with Crippen LogP contribution in [0.2, 0.25) is 5.02 Å². The van der Waals surface area contributed by atoms with E-state index in [1.807, 2.05) is 0 Å². The first kappa shape index (κ1) is 16.8. The number of rotatable bonds is 4. The zero-order valence-corrected chi connectivity index (χ0v) is 16.4. The van der Waals surface area contributed by atoms with Crippen molar-refractivity contribution in [2.75, 3.05) is 13.2 Å². The summed E-state index contributed by atoms with van der Waals surface area (Å²) in [5.74, 6) is -0.694. The first-order chi connectivity index (χ1) is 15.6. The highest BCUT2D eigenvalue weighted by atomic mass is 35.5. The normalized spacial score (nSPS) is 20.8. The fourth-order valence-electron chi connectivity index (χ4n) is 3.15. The third-order valence-corrected chi connectivity index (χ3v) is 5.00. The van der Waals surface area contributed by atoms with Crippen LogP contribution in [0.5, 0.6) is 0 Å². The summed E-state index contributed by atoms with van der Waals surface area (Å²) in [6.45, 7) is -2.10. The van der Waals surface area contributed by atoms with E-state index in [1.165, 1.54) is 12.3 Å². The number of aliphatic hydroxyl groups is 1. The summed E-state index contributed by atoms with van der Waals surface area (Å²) in [4.78, 5) is 26.2. The molecule has 2 atom stereocenters. The Kier molecular flexibility index (Phi) is 4.68. The molecule has 1 saturated heterocycles. The molecule has 0 radical (unpaired) electrons. The first-order valence-corrected chi connectivity index (χ1v) is 9.54. The zero-order valence-electron chi connectivity index (χ0n) is 18.7. The number of benzene rings is 1. The summed E-state index contributed by atoms with van der Waals surface area (Å²) in [5.41, 5.74) is -0.0543. The molecule has 156 valence electrons. The van der Waals surface area contributed by atoms with Crippen molar-refractivity contribution in [1.82, 2.24) is 24.9 Å².